The number of carbonyl (C=O) groups excluding carboxylic acids is 4. The summed E-state index contributed by atoms with van der Waals surface area (Å²) in [5.74, 6) is -1.49. The predicted octanol–water partition coefficient (Wildman–Crippen LogP) is -0.720. The summed E-state index contributed by atoms with van der Waals surface area (Å²) in [7, 11) is 0. The number of imide groups is 1. The number of piperazine rings is 1. The van der Waals surface area contributed by atoms with Crippen LogP contribution in [-0.4, -0.2) is 41.6 Å². The lowest BCUT2D eigenvalue weighted by molar-refractivity contribution is -0.135. The van der Waals surface area contributed by atoms with Gasteiger partial charge in [-0.15, -0.1) is 0 Å². The van der Waals surface area contributed by atoms with Crippen molar-refractivity contribution in [1.29, 1.82) is 0 Å². The normalized spacial score (nSPS) is 17.6. The summed E-state index contributed by atoms with van der Waals surface area (Å²) >= 11 is 0. The van der Waals surface area contributed by atoms with Crippen LogP contribution in [-0.2, 0) is 20.8 Å². The Labute approximate surface area is 113 Å². The fourth-order valence-electron chi connectivity index (χ4n) is 2.33. The van der Waals surface area contributed by atoms with E-state index in [0.717, 1.165) is 5.56 Å². The third-order valence-electron chi connectivity index (χ3n) is 3.21. The van der Waals surface area contributed by atoms with Gasteiger partial charge in [0.1, 0.15) is 13.1 Å². The van der Waals surface area contributed by atoms with Crippen molar-refractivity contribution in [2.24, 2.45) is 0 Å². The highest BCUT2D eigenvalue weighted by Crippen LogP contribution is 2.24. The minimum Gasteiger partial charge on any atom is -0.326 e. The molecule has 2 N–H and O–H groups in total. The SMILES string of the molecule is O=C1CN(C(=O)c2ccc3c(c2)CC(=O)N3)CC(=O)N1. The number of nitrogens with zero attached hydrogens (tertiary/aromatic N) is 1. The van der Waals surface area contributed by atoms with Gasteiger partial charge in [-0.05, 0) is 23.8 Å². The van der Waals surface area contributed by atoms with Crippen molar-refractivity contribution in [1.82, 2.24) is 10.2 Å². The average molecular weight is 273 g/mol. The lowest BCUT2D eigenvalue weighted by Gasteiger charge is -2.25. The molecule has 2 aliphatic rings. The maximum absolute atomic E-state index is 12.3. The summed E-state index contributed by atoms with van der Waals surface area (Å²) < 4.78 is 0. The lowest BCUT2D eigenvalue weighted by Crippen LogP contribution is -2.53. The van der Waals surface area contributed by atoms with E-state index in [1.165, 1.54) is 4.90 Å². The lowest BCUT2D eigenvalue weighted by atomic mass is 10.1. The Bertz CT molecular complexity index is 637. The maximum atomic E-state index is 12.3. The van der Waals surface area contributed by atoms with Gasteiger partial charge in [-0.25, -0.2) is 0 Å². The molecule has 1 saturated heterocycles. The predicted molar refractivity (Wildman–Crippen MR) is 67.8 cm³/mol. The second kappa shape index (κ2) is 4.44. The zero-order chi connectivity index (χ0) is 14.3. The molecule has 20 heavy (non-hydrogen) atoms. The van der Waals surface area contributed by atoms with Gasteiger partial charge >= 0.3 is 0 Å². The Morgan fingerprint density at radius 1 is 1.00 bits per heavy atom. The van der Waals surface area contributed by atoms with Gasteiger partial charge in [-0.1, -0.05) is 0 Å². The van der Waals surface area contributed by atoms with Crippen molar-refractivity contribution in [2.45, 2.75) is 6.42 Å². The molecule has 7 nitrogen and oxygen atoms in total. The molecule has 7 heteroatoms. The van der Waals surface area contributed by atoms with E-state index in [4.69, 9.17) is 0 Å². The van der Waals surface area contributed by atoms with E-state index in [-0.39, 0.29) is 25.4 Å². The Morgan fingerprint density at radius 2 is 1.70 bits per heavy atom. The molecule has 2 heterocycles. The summed E-state index contributed by atoms with van der Waals surface area (Å²) in [6.45, 7) is -0.280. The van der Waals surface area contributed by atoms with E-state index in [2.05, 4.69) is 10.6 Å². The van der Waals surface area contributed by atoms with Gasteiger partial charge in [0.25, 0.3) is 5.91 Å². The molecule has 1 aromatic rings. The molecule has 0 radical (unpaired) electrons. The Kier molecular flexibility index (Phi) is 2.74. The molecule has 4 amide bonds. The molecule has 0 atom stereocenters. The van der Waals surface area contributed by atoms with Gasteiger partial charge in [0.2, 0.25) is 17.7 Å². The van der Waals surface area contributed by atoms with Crippen molar-refractivity contribution in [3.63, 3.8) is 0 Å². The number of carbonyl (C=O) groups is 4. The topological polar surface area (TPSA) is 95.6 Å². The summed E-state index contributed by atoms with van der Waals surface area (Å²) in [4.78, 5) is 47.3. The van der Waals surface area contributed by atoms with Gasteiger partial charge in [-0.2, -0.15) is 0 Å². The smallest absolute Gasteiger partial charge is 0.254 e. The van der Waals surface area contributed by atoms with Crippen LogP contribution in [0.5, 0.6) is 0 Å². The minimum absolute atomic E-state index is 0.114. The zero-order valence-electron chi connectivity index (χ0n) is 10.4. The van der Waals surface area contributed by atoms with E-state index >= 15 is 0 Å². The molecule has 1 fully saturated rings. The summed E-state index contributed by atoms with van der Waals surface area (Å²) in [5, 5.41) is 4.81. The molecule has 0 spiro atoms. The van der Waals surface area contributed by atoms with Crippen LogP contribution in [0.3, 0.4) is 0 Å². The van der Waals surface area contributed by atoms with Crippen molar-refractivity contribution < 1.29 is 19.2 Å². The number of hydrogen-bond donors (Lipinski definition) is 2. The first-order chi connectivity index (χ1) is 9.52. The van der Waals surface area contributed by atoms with Crippen LogP contribution < -0.4 is 10.6 Å². The number of nitrogens with one attached hydrogen (secondary N) is 2. The van der Waals surface area contributed by atoms with Gasteiger partial charge in [0, 0.05) is 11.3 Å². The fraction of sp³-hybridized carbons (Fsp3) is 0.231. The van der Waals surface area contributed by atoms with Crippen molar-refractivity contribution in [3.8, 4) is 0 Å². The molecule has 1 aromatic carbocycles. The summed E-state index contributed by atoms with van der Waals surface area (Å²) in [5.41, 5.74) is 1.80. The third-order valence-corrected chi connectivity index (χ3v) is 3.21. The first kappa shape index (κ1) is 12.3. The number of amides is 4. The standard InChI is InChI=1S/C13H11N3O4/c17-10-4-8-3-7(1-2-9(8)14-10)13(20)16-5-11(18)15-12(19)6-16/h1-3H,4-6H2,(H,14,17)(H,15,18,19). The number of benzene rings is 1. The van der Waals surface area contributed by atoms with Crippen LogP contribution >= 0.6 is 0 Å². The number of anilines is 1. The minimum atomic E-state index is -0.493. The van der Waals surface area contributed by atoms with Crippen molar-refractivity contribution in [2.75, 3.05) is 18.4 Å². The molecule has 0 aromatic heterocycles. The Morgan fingerprint density at radius 3 is 2.40 bits per heavy atom. The fourth-order valence-corrected chi connectivity index (χ4v) is 2.33. The highest BCUT2D eigenvalue weighted by Gasteiger charge is 2.28. The number of hydrogen-bond acceptors (Lipinski definition) is 4. The molecule has 3 rings (SSSR count). The van der Waals surface area contributed by atoms with Gasteiger partial charge in [0.05, 0.1) is 6.42 Å². The van der Waals surface area contributed by atoms with E-state index in [0.29, 0.717) is 11.3 Å². The van der Waals surface area contributed by atoms with E-state index in [1.807, 2.05) is 0 Å². The molecule has 0 aliphatic carbocycles. The third kappa shape index (κ3) is 2.13. The maximum Gasteiger partial charge on any atom is 0.254 e. The molecule has 0 saturated carbocycles. The van der Waals surface area contributed by atoms with Crippen LogP contribution in [0, 0.1) is 0 Å². The summed E-state index contributed by atoms with van der Waals surface area (Å²) in [6.07, 6.45) is 0.232. The Balaban J connectivity index is 1.84. The largest absolute Gasteiger partial charge is 0.326 e. The van der Waals surface area contributed by atoms with Gasteiger partial charge in [-0.3, -0.25) is 24.5 Å². The Hall–Kier alpha value is -2.70. The molecule has 102 valence electrons. The number of fused-ring (bicyclic) bond motifs is 1. The van der Waals surface area contributed by atoms with Crippen LogP contribution in [0.4, 0.5) is 5.69 Å². The summed E-state index contributed by atoms with van der Waals surface area (Å²) in [6, 6.07) is 4.84. The van der Waals surface area contributed by atoms with Gasteiger partial charge < -0.3 is 10.2 Å². The van der Waals surface area contributed by atoms with E-state index in [1.54, 1.807) is 18.2 Å². The molecule has 0 unspecified atom stereocenters. The van der Waals surface area contributed by atoms with E-state index < -0.39 is 17.7 Å². The van der Waals surface area contributed by atoms with Crippen LogP contribution in [0.15, 0.2) is 18.2 Å². The van der Waals surface area contributed by atoms with Crippen molar-refractivity contribution in [3.05, 3.63) is 29.3 Å². The second-order valence-electron chi connectivity index (χ2n) is 4.73. The average Bonchev–Trinajstić information content (AvgIpc) is 2.75. The van der Waals surface area contributed by atoms with Crippen LogP contribution in [0.2, 0.25) is 0 Å². The highest BCUT2D eigenvalue weighted by molar-refractivity contribution is 6.06. The monoisotopic (exact) mass is 273 g/mol. The quantitative estimate of drug-likeness (QED) is 0.660. The molecule has 2 aliphatic heterocycles. The number of rotatable bonds is 1. The second-order valence-corrected chi connectivity index (χ2v) is 4.73. The molecule has 0 bridgehead atoms. The first-order valence-corrected chi connectivity index (χ1v) is 6.07. The zero-order valence-corrected chi connectivity index (χ0v) is 10.4. The first-order valence-electron chi connectivity index (χ1n) is 6.07. The molecular weight excluding hydrogens is 262 g/mol. The van der Waals surface area contributed by atoms with Crippen LogP contribution in [0.25, 0.3) is 0 Å². The van der Waals surface area contributed by atoms with Crippen LogP contribution in [0.1, 0.15) is 15.9 Å². The molecular formula is C13H11N3O4. The van der Waals surface area contributed by atoms with Crippen molar-refractivity contribution >= 4 is 29.3 Å². The highest BCUT2D eigenvalue weighted by atomic mass is 16.2. The van der Waals surface area contributed by atoms with Gasteiger partial charge in [0.15, 0.2) is 0 Å². The van der Waals surface area contributed by atoms with E-state index in [9.17, 15) is 19.2 Å².